The lowest BCUT2D eigenvalue weighted by Gasteiger charge is -2.11. The molecule has 172 valence electrons. The van der Waals surface area contributed by atoms with Crippen molar-refractivity contribution in [2.75, 3.05) is 11.9 Å². The molecule has 2 aromatic carbocycles. The zero-order valence-electron chi connectivity index (χ0n) is 17.7. The zero-order chi connectivity index (χ0) is 23.7. The third kappa shape index (κ3) is 4.51. The van der Waals surface area contributed by atoms with Crippen LogP contribution in [0.15, 0.2) is 58.7 Å². The van der Waals surface area contributed by atoms with Gasteiger partial charge in [0.1, 0.15) is 16.2 Å². The molecule has 0 unspecified atom stereocenters. The molecule has 0 bridgehead atoms. The summed E-state index contributed by atoms with van der Waals surface area (Å²) in [6, 6.07) is 10.1. The molecule has 4 aromatic rings. The van der Waals surface area contributed by atoms with E-state index >= 15 is 0 Å². The highest BCUT2D eigenvalue weighted by molar-refractivity contribution is 7.99. The number of benzene rings is 2. The van der Waals surface area contributed by atoms with E-state index in [4.69, 9.17) is 0 Å². The summed E-state index contributed by atoms with van der Waals surface area (Å²) in [5.41, 5.74) is 1.82. The number of carbonyl (C=O) groups excluding carboxylic acids is 2. The second-order valence-electron chi connectivity index (χ2n) is 7.67. The van der Waals surface area contributed by atoms with E-state index in [1.807, 2.05) is 12.1 Å². The third-order valence-electron chi connectivity index (χ3n) is 5.42. The van der Waals surface area contributed by atoms with Crippen LogP contribution in [0.25, 0.3) is 10.2 Å². The van der Waals surface area contributed by atoms with E-state index in [0.717, 1.165) is 46.6 Å². The van der Waals surface area contributed by atoms with Gasteiger partial charge in [0.25, 0.3) is 5.91 Å². The average Bonchev–Trinajstić information content (AvgIpc) is 3.42. The third-order valence-corrected chi connectivity index (χ3v) is 7.70. The Balaban J connectivity index is 1.30. The van der Waals surface area contributed by atoms with Gasteiger partial charge in [-0.05, 0) is 49.1 Å². The van der Waals surface area contributed by atoms with Crippen molar-refractivity contribution in [3.8, 4) is 0 Å². The first-order valence-corrected chi connectivity index (χ1v) is 12.2. The second-order valence-corrected chi connectivity index (χ2v) is 9.79. The van der Waals surface area contributed by atoms with Crippen molar-refractivity contribution in [1.29, 1.82) is 0 Å². The summed E-state index contributed by atoms with van der Waals surface area (Å²) < 4.78 is 26.4. The molecule has 0 atom stereocenters. The number of carbonyl (C=O) groups is 2. The van der Waals surface area contributed by atoms with Gasteiger partial charge in [0.2, 0.25) is 5.91 Å². The van der Waals surface area contributed by atoms with Crippen LogP contribution >= 0.6 is 23.1 Å². The Morgan fingerprint density at radius 1 is 1.06 bits per heavy atom. The highest BCUT2D eigenvalue weighted by Gasteiger charge is 2.22. The number of rotatable bonds is 6. The molecule has 2 heterocycles. The number of nitrogens with one attached hydrogen (secondary N) is 2. The number of hydrogen-bond donors (Lipinski definition) is 2. The van der Waals surface area contributed by atoms with Crippen molar-refractivity contribution in [2.24, 2.45) is 0 Å². The maximum absolute atomic E-state index is 13.3. The number of halogens is 2. The molecule has 0 radical (unpaired) electrons. The topological polar surface area (TPSA) is 84.0 Å². The lowest BCUT2D eigenvalue weighted by atomic mass is 10.2. The van der Waals surface area contributed by atoms with Crippen LogP contribution in [-0.2, 0) is 17.6 Å². The Morgan fingerprint density at radius 3 is 2.76 bits per heavy atom. The number of aromatic nitrogens is 2. The number of nitrogens with zero attached hydrogens (tertiary/aromatic N) is 2. The molecule has 0 fully saturated rings. The van der Waals surface area contributed by atoms with Gasteiger partial charge in [0, 0.05) is 26.9 Å². The number of anilines is 1. The maximum atomic E-state index is 13.3. The average molecular weight is 497 g/mol. The Kier molecular flexibility index (Phi) is 6.25. The largest absolute Gasteiger partial charge is 0.343 e. The van der Waals surface area contributed by atoms with Crippen LogP contribution < -0.4 is 10.6 Å². The van der Waals surface area contributed by atoms with Crippen LogP contribution in [0, 0.1) is 11.6 Å². The van der Waals surface area contributed by atoms with Gasteiger partial charge in [0.05, 0.1) is 12.1 Å². The summed E-state index contributed by atoms with van der Waals surface area (Å²) >= 11 is 3.10. The van der Waals surface area contributed by atoms with Gasteiger partial charge >= 0.3 is 0 Å². The van der Waals surface area contributed by atoms with Crippen molar-refractivity contribution < 1.29 is 18.4 Å². The van der Waals surface area contributed by atoms with Crippen LogP contribution in [0.4, 0.5) is 14.5 Å². The smallest absolute Gasteiger partial charge is 0.252 e. The minimum atomic E-state index is -1.07. The standard InChI is InChI=1S/C24H18F2N4O2S2/c25-16-9-8-13(10-17(16)26)30-20(31)11-27-22(32)15-4-1-2-6-19(15)34-24-21-14-5-3-7-18(14)33-23(21)28-12-29-24/h1-2,4,6,8-10,12H,3,5,7,11H2,(H,27,32)(H,30,31). The monoisotopic (exact) mass is 496 g/mol. The fraction of sp³-hybridized carbons (Fsp3) is 0.167. The van der Waals surface area contributed by atoms with E-state index < -0.39 is 23.4 Å². The summed E-state index contributed by atoms with van der Waals surface area (Å²) in [5.74, 6) is -3.06. The summed E-state index contributed by atoms with van der Waals surface area (Å²) in [7, 11) is 0. The molecule has 0 aliphatic heterocycles. The fourth-order valence-corrected chi connectivity index (χ4v) is 6.20. The lowest BCUT2D eigenvalue weighted by Crippen LogP contribution is -2.33. The fourth-order valence-electron chi connectivity index (χ4n) is 3.86. The van der Waals surface area contributed by atoms with Crippen molar-refractivity contribution in [2.45, 2.75) is 29.2 Å². The van der Waals surface area contributed by atoms with E-state index in [-0.39, 0.29) is 12.2 Å². The molecular formula is C24H18F2N4O2S2. The number of thiophene rings is 1. The lowest BCUT2D eigenvalue weighted by molar-refractivity contribution is -0.115. The van der Waals surface area contributed by atoms with Crippen molar-refractivity contribution in [3.63, 3.8) is 0 Å². The van der Waals surface area contributed by atoms with Gasteiger partial charge in [-0.3, -0.25) is 9.59 Å². The summed E-state index contributed by atoms with van der Waals surface area (Å²) in [5, 5.41) is 6.88. The van der Waals surface area contributed by atoms with E-state index in [0.29, 0.717) is 10.5 Å². The molecule has 0 saturated heterocycles. The van der Waals surface area contributed by atoms with Crippen LogP contribution in [0.2, 0.25) is 0 Å². The summed E-state index contributed by atoms with van der Waals surface area (Å²) in [6.07, 6.45) is 4.74. The molecule has 6 nitrogen and oxygen atoms in total. The molecule has 2 aromatic heterocycles. The Hall–Kier alpha value is -3.37. The predicted octanol–water partition coefficient (Wildman–Crippen LogP) is 4.98. The van der Waals surface area contributed by atoms with Crippen LogP contribution in [0.5, 0.6) is 0 Å². The number of hydrogen-bond acceptors (Lipinski definition) is 6. The first kappa shape index (κ1) is 22.4. The highest BCUT2D eigenvalue weighted by Crippen LogP contribution is 2.42. The second kappa shape index (κ2) is 9.47. The predicted molar refractivity (Wildman–Crippen MR) is 127 cm³/mol. The minimum Gasteiger partial charge on any atom is -0.343 e. The highest BCUT2D eigenvalue weighted by atomic mass is 32.2. The van der Waals surface area contributed by atoms with Gasteiger partial charge in [-0.25, -0.2) is 18.7 Å². The van der Waals surface area contributed by atoms with E-state index in [9.17, 15) is 18.4 Å². The van der Waals surface area contributed by atoms with E-state index in [1.54, 1.807) is 29.8 Å². The Bertz CT molecular complexity index is 1420. The molecule has 10 heteroatoms. The molecular weight excluding hydrogens is 478 g/mol. The van der Waals surface area contributed by atoms with Crippen LogP contribution in [-0.4, -0.2) is 28.3 Å². The molecule has 34 heavy (non-hydrogen) atoms. The molecule has 0 saturated carbocycles. The normalized spacial score (nSPS) is 12.5. The van der Waals surface area contributed by atoms with Crippen molar-refractivity contribution in [3.05, 3.63) is 76.4 Å². The van der Waals surface area contributed by atoms with Crippen molar-refractivity contribution >= 4 is 50.8 Å². The Morgan fingerprint density at radius 2 is 1.91 bits per heavy atom. The van der Waals surface area contributed by atoms with Gasteiger partial charge < -0.3 is 10.6 Å². The maximum Gasteiger partial charge on any atom is 0.252 e. The van der Waals surface area contributed by atoms with E-state index in [2.05, 4.69) is 20.6 Å². The molecule has 1 aliphatic carbocycles. The van der Waals surface area contributed by atoms with Crippen LogP contribution in [0.1, 0.15) is 27.2 Å². The summed E-state index contributed by atoms with van der Waals surface area (Å²) in [4.78, 5) is 37.0. The SMILES string of the molecule is O=C(CNC(=O)c1ccccc1Sc1ncnc2sc3c(c12)CCC3)Nc1ccc(F)c(F)c1. The van der Waals surface area contributed by atoms with Gasteiger partial charge in [0.15, 0.2) is 11.6 Å². The molecule has 0 spiro atoms. The van der Waals surface area contributed by atoms with Crippen LogP contribution in [0.3, 0.4) is 0 Å². The minimum absolute atomic E-state index is 0.102. The molecule has 1 aliphatic rings. The zero-order valence-corrected chi connectivity index (χ0v) is 19.4. The number of aryl methyl sites for hydroxylation is 2. The first-order chi connectivity index (χ1) is 16.5. The number of amides is 2. The van der Waals surface area contributed by atoms with Crippen molar-refractivity contribution in [1.82, 2.24) is 15.3 Å². The summed E-state index contributed by atoms with van der Waals surface area (Å²) in [6.45, 7) is -0.327. The van der Waals surface area contributed by atoms with Gasteiger partial charge in [-0.15, -0.1) is 11.3 Å². The first-order valence-electron chi connectivity index (χ1n) is 10.5. The van der Waals surface area contributed by atoms with Gasteiger partial charge in [-0.1, -0.05) is 23.9 Å². The molecule has 2 amide bonds. The van der Waals surface area contributed by atoms with Gasteiger partial charge in [-0.2, -0.15) is 0 Å². The number of fused-ring (bicyclic) bond motifs is 3. The van der Waals surface area contributed by atoms with E-state index in [1.165, 1.54) is 28.3 Å². The molecule has 2 N–H and O–H groups in total. The molecule has 5 rings (SSSR count). The quantitative estimate of drug-likeness (QED) is 0.368. The Labute approximate surface area is 201 Å².